The molecule has 11 heteroatoms. The van der Waals surface area contributed by atoms with E-state index in [4.69, 9.17) is 38.9 Å². The summed E-state index contributed by atoms with van der Waals surface area (Å²) < 4.78 is 40.3. The van der Waals surface area contributed by atoms with E-state index in [-0.39, 0.29) is 30.9 Å². The maximum absolute atomic E-state index is 13.4. The summed E-state index contributed by atoms with van der Waals surface area (Å²) in [5.41, 5.74) is 9.08. The second-order valence-electron chi connectivity index (χ2n) is 13.2. The van der Waals surface area contributed by atoms with Gasteiger partial charge in [-0.1, -0.05) is 50.2 Å². The van der Waals surface area contributed by atoms with E-state index in [0.717, 1.165) is 41.0 Å². The molecule has 0 radical (unpaired) electrons. The highest BCUT2D eigenvalue weighted by molar-refractivity contribution is 5.82. The number of piperidine rings is 1. The first-order valence-electron chi connectivity index (χ1n) is 17.8. The van der Waals surface area contributed by atoms with Crippen molar-refractivity contribution in [2.75, 3.05) is 60.8 Å². The minimum atomic E-state index is -0.860. The zero-order chi connectivity index (χ0) is 36.6. The first-order valence-corrected chi connectivity index (χ1v) is 17.8. The van der Waals surface area contributed by atoms with Crippen LogP contribution >= 0.6 is 0 Å². The van der Waals surface area contributed by atoms with Crippen LogP contribution in [0, 0.1) is 5.92 Å². The number of aliphatic hydroxyl groups is 1. The highest BCUT2D eigenvalue weighted by Gasteiger charge is 2.40. The smallest absolute Gasteiger partial charge is 0.239 e. The van der Waals surface area contributed by atoms with Crippen molar-refractivity contribution in [3.05, 3.63) is 83.4 Å². The third kappa shape index (κ3) is 12.1. The van der Waals surface area contributed by atoms with Gasteiger partial charge in [0, 0.05) is 51.1 Å². The molecule has 0 saturated carbocycles. The maximum atomic E-state index is 13.4. The number of methoxy groups -OCH3 is 3. The van der Waals surface area contributed by atoms with Gasteiger partial charge < -0.3 is 48.9 Å². The molecule has 3 N–H and O–H groups in total. The minimum absolute atomic E-state index is 0.171. The summed E-state index contributed by atoms with van der Waals surface area (Å²) in [6.45, 7) is 7.39. The van der Waals surface area contributed by atoms with Crippen LogP contribution in [0.1, 0.15) is 55.7 Å². The van der Waals surface area contributed by atoms with Crippen molar-refractivity contribution in [2.24, 2.45) is 11.7 Å². The molecular weight excluding hydrogens is 652 g/mol. The number of β-amino-alcohol motifs (C(OH)–C–C–N with tert-alkyl or cyclic N) is 1. The molecule has 1 unspecified atom stereocenters. The number of hydrogen-bond acceptors (Lipinski definition) is 10. The van der Waals surface area contributed by atoms with Crippen LogP contribution in [0.5, 0.6) is 23.0 Å². The molecule has 1 heterocycles. The molecule has 0 aromatic heterocycles. The lowest BCUT2D eigenvalue weighted by atomic mass is 9.84. The molecule has 1 amide bonds. The van der Waals surface area contributed by atoms with Gasteiger partial charge in [0.15, 0.2) is 11.5 Å². The number of para-hydroxylation sites is 1. The number of nitrogens with zero attached hydrogens (tertiary/aromatic N) is 1. The van der Waals surface area contributed by atoms with Crippen LogP contribution in [0.4, 0.5) is 0 Å². The summed E-state index contributed by atoms with van der Waals surface area (Å²) in [6, 6.07) is 20.6. The first kappa shape index (κ1) is 39.9. The van der Waals surface area contributed by atoms with E-state index in [1.165, 1.54) is 0 Å². The van der Waals surface area contributed by atoms with Gasteiger partial charge in [0.05, 0.1) is 65.5 Å². The lowest BCUT2D eigenvalue weighted by Gasteiger charge is -2.42. The Morgan fingerprint density at radius 1 is 0.843 bits per heavy atom. The number of nitrogens with two attached hydrogens (primary N) is 1. The zero-order valence-electron chi connectivity index (χ0n) is 30.8. The van der Waals surface area contributed by atoms with Crippen molar-refractivity contribution < 1.29 is 43.1 Å². The minimum Gasteiger partial charge on any atom is -0.496 e. The molecule has 0 bridgehead atoms. The number of likely N-dealkylation sites (tertiary alicyclic amines) is 1. The lowest BCUT2D eigenvalue weighted by Crippen LogP contribution is -2.57. The van der Waals surface area contributed by atoms with Gasteiger partial charge in [-0.3, -0.25) is 4.79 Å². The Morgan fingerprint density at radius 2 is 1.57 bits per heavy atom. The average molecular weight is 709 g/mol. The fraction of sp³-hybridized carbons (Fsp3) is 0.525. The van der Waals surface area contributed by atoms with E-state index in [1.54, 1.807) is 26.2 Å². The number of hydrogen-bond donors (Lipinski definition) is 2. The second-order valence-corrected chi connectivity index (χ2v) is 13.2. The third-order valence-electron chi connectivity index (χ3n) is 8.84. The van der Waals surface area contributed by atoms with Gasteiger partial charge in [0.1, 0.15) is 11.5 Å². The van der Waals surface area contributed by atoms with Crippen molar-refractivity contribution >= 4 is 5.91 Å². The molecule has 1 aliphatic heterocycles. The highest BCUT2D eigenvalue weighted by atomic mass is 16.5. The average Bonchev–Trinajstić information content (AvgIpc) is 3.13. The molecule has 4 rings (SSSR count). The van der Waals surface area contributed by atoms with Gasteiger partial charge in [-0.05, 0) is 53.8 Å². The van der Waals surface area contributed by atoms with E-state index < -0.39 is 18.2 Å². The Bertz CT molecular complexity index is 1470. The van der Waals surface area contributed by atoms with Crippen LogP contribution in [0.15, 0.2) is 66.7 Å². The molecule has 1 saturated heterocycles. The molecule has 11 nitrogen and oxygen atoms in total. The molecular formula is C40H56N2O9. The van der Waals surface area contributed by atoms with Crippen LogP contribution in [0.25, 0.3) is 0 Å². The molecule has 4 atom stereocenters. The van der Waals surface area contributed by atoms with E-state index >= 15 is 0 Å². The van der Waals surface area contributed by atoms with E-state index in [9.17, 15) is 9.90 Å². The predicted octanol–water partition coefficient (Wildman–Crippen LogP) is 5.35. The topological polar surface area (TPSA) is 131 Å². The van der Waals surface area contributed by atoms with Crippen LogP contribution < -0.4 is 24.7 Å². The number of amides is 1. The summed E-state index contributed by atoms with van der Waals surface area (Å²) in [5, 5.41) is 11.5. The summed E-state index contributed by atoms with van der Waals surface area (Å²) in [4.78, 5) is 15.0. The molecule has 3 aromatic carbocycles. The molecule has 1 aliphatic rings. The Hall–Kier alpha value is -3.87. The quantitative estimate of drug-likeness (QED) is 0.140. The Balaban J connectivity index is 1.40. The fourth-order valence-electron chi connectivity index (χ4n) is 6.26. The highest BCUT2D eigenvalue weighted by Crippen LogP contribution is 2.34. The summed E-state index contributed by atoms with van der Waals surface area (Å²) >= 11 is 0. The Kier molecular flexibility index (Phi) is 16.3. The van der Waals surface area contributed by atoms with Gasteiger partial charge in [0.2, 0.25) is 5.91 Å². The van der Waals surface area contributed by atoms with Crippen molar-refractivity contribution in [1.82, 2.24) is 4.90 Å². The van der Waals surface area contributed by atoms with Crippen LogP contribution in [0.3, 0.4) is 0 Å². The number of benzene rings is 3. The normalized spacial score (nSPS) is 18.0. The molecule has 1 fully saturated rings. The number of aliphatic hydroxyl groups excluding tert-OH is 1. The van der Waals surface area contributed by atoms with Gasteiger partial charge in [-0.25, -0.2) is 0 Å². The molecule has 280 valence electrons. The monoisotopic (exact) mass is 708 g/mol. The molecule has 0 spiro atoms. The summed E-state index contributed by atoms with van der Waals surface area (Å²) in [7, 11) is 4.92. The lowest BCUT2D eigenvalue weighted by molar-refractivity contribution is -0.143. The number of carbonyl (C=O) groups excluding carboxylic acids is 1. The number of carbonyl (C=O) groups is 1. The van der Waals surface area contributed by atoms with Crippen LogP contribution in [0.2, 0.25) is 0 Å². The summed E-state index contributed by atoms with van der Waals surface area (Å²) in [5.74, 6) is 2.49. The Morgan fingerprint density at radius 3 is 2.29 bits per heavy atom. The fourth-order valence-corrected chi connectivity index (χ4v) is 6.26. The van der Waals surface area contributed by atoms with Gasteiger partial charge in [-0.15, -0.1) is 0 Å². The molecule has 3 aromatic rings. The predicted molar refractivity (Wildman–Crippen MR) is 196 cm³/mol. The number of rotatable bonds is 21. The van der Waals surface area contributed by atoms with Gasteiger partial charge in [-0.2, -0.15) is 0 Å². The van der Waals surface area contributed by atoms with Crippen LogP contribution in [-0.2, 0) is 32.2 Å². The summed E-state index contributed by atoms with van der Waals surface area (Å²) in [6.07, 6.45) is 0.677. The van der Waals surface area contributed by atoms with E-state index in [2.05, 4.69) is 0 Å². The van der Waals surface area contributed by atoms with Crippen molar-refractivity contribution in [1.29, 1.82) is 0 Å². The standard InChI is InChI=1S/C40H56N2O9/c1-28(2)22-33(41)40(44)42-24-34(43)39(38(25-42)51-26-29-12-17-36(47-5)37(23-29)50-21-8-18-45-3)30-13-15-32(16-14-30)49-20-9-19-48-27-31-10-6-7-11-35(31)46-4/h6-7,10-17,23,28,33-34,38-39,43H,8-9,18-22,24-27,41H2,1-5H3/t33?,34-,38+,39+/m1/s1. The third-order valence-corrected chi connectivity index (χ3v) is 8.84. The maximum Gasteiger partial charge on any atom is 0.239 e. The van der Waals surface area contributed by atoms with Gasteiger partial charge >= 0.3 is 0 Å². The molecule has 0 aliphatic carbocycles. The largest absolute Gasteiger partial charge is 0.496 e. The second kappa shape index (κ2) is 20.8. The Labute approximate surface area is 302 Å². The van der Waals surface area contributed by atoms with E-state index in [0.29, 0.717) is 57.5 Å². The van der Waals surface area contributed by atoms with Crippen LogP contribution in [-0.4, -0.2) is 95.0 Å². The first-order chi connectivity index (χ1) is 24.7. The SMILES string of the molecule is COCCCOc1cc(CO[C@H]2CN(C(=O)C(N)CC(C)C)C[C@@H](O)[C@@H]2c2ccc(OCCCOCc3ccccc3OC)cc2)ccc1OC. The van der Waals surface area contributed by atoms with Crippen molar-refractivity contribution in [2.45, 2.75) is 70.5 Å². The number of ether oxygens (including phenoxy) is 7. The van der Waals surface area contributed by atoms with E-state index in [1.807, 2.05) is 80.6 Å². The molecule has 51 heavy (non-hydrogen) atoms. The van der Waals surface area contributed by atoms with Gasteiger partial charge in [0.25, 0.3) is 0 Å². The van der Waals surface area contributed by atoms with Crippen molar-refractivity contribution in [3.63, 3.8) is 0 Å². The zero-order valence-corrected chi connectivity index (χ0v) is 30.8. The van der Waals surface area contributed by atoms with Crippen molar-refractivity contribution in [3.8, 4) is 23.0 Å².